The van der Waals surface area contributed by atoms with Crippen LogP contribution in [-0.4, -0.2) is 49.9 Å². The van der Waals surface area contributed by atoms with Crippen molar-refractivity contribution in [2.75, 3.05) is 26.9 Å². The minimum atomic E-state index is -0.945. The van der Waals surface area contributed by atoms with Gasteiger partial charge in [-0.05, 0) is 5.56 Å². The summed E-state index contributed by atoms with van der Waals surface area (Å²) in [6.07, 6.45) is -0.785. The quantitative estimate of drug-likeness (QED) is 0.435. The molecule has 0 saturated heterocycles. The Morgan fingerprint density at radius 3 is 2.58 bits per heavy atom. The fourth-order valence-electron chi connectivity index (χ4n) is 3.21. The Morgan fingerprint density at radius 2 is 1.94 bits per heavy atom. The summed E-state index contributed by atoms with van der Waals surface area (Å²) in [7, 11) is 1.31. The van der Waals surface area contributed by atoms with Crippen molar-refractivity contribution < 1.29 is 33.0 Å². The summed E-state index contributed by atoms with van der Waals surface area (Å²) in [5, 5.41) is 11.5. The highest BCUT2D eigenvalue weighted by Gasteiger charge is 2.38. The fraction of sp³-hybridized carbons (Fsp3) is 0.333. The first-order chi connectivity index (χ1) is 15.0. The first kappa shape index (κ1) is 22.4. The second kappa shape index (κ2) is 10.7. The highest BCUT2D eigenvalue weighted by atomic mass is 19.1. The third-order valence-electron chi connectivity index (χ3n) is 4.67. The minimum absolute atomic E-state index is 0.00534. The molecule has 2 aromatic carbocycles. The van der Waals surface area contributed by atoms with Crippen molar-refractivity contribution in [3.05, 3.63) is 65.2 Å². The van der Waals surface area contributed by atoms with Crippen molar-refractivity contribution >= 4 is 11.9 Å². The molecule has 166 valence electrons. The molecule has 2 unspecified atom stereocenters. The number of amides is 1. The maximum Gasteiger partial charge on any atom is 0.408 e. The number of hydrogen-bond acceptors (Lipinski definition) is 7. The van der Waals surface area contributed by atoms with Crippen molar-refractivity contribution in [3.8, 4) is 5.75 Å². The summed E-state index contributed by atoms with van der Waals surface area (Å²) >= 11 is 0. The molecule has 1 aliphatic rings. The van der Waals surface area contributed by atoms with E-state index in [0.717, 1.165) is 17.7 Å². The second-order valence-corrected chi connectivity index (χ2v) is 6.70. The second-order valence-electron chi connectivity index (χ2n) is 6.70. The van der Waals surface area contributed by atoms with E-state index in [1.807, 2.05) is 18.2 Å². The lowest BCUT2D eigenvalue weighted by Gasteiger charge is -2.23. The molecule has 0 aliphatic carbocycles. The van der Waals surface area contributed by atoms with Crippen LogP contribution >= 0.6 is 0 Å². The van der Waals surface area contributed by atoms with E-state index >= 15 is 0 Å². The molecule has 0 spiro atoms. The normalized spacial score (nSPS) is 17.7. The van der Waals surface area contributed by atoms with Gasteiger partial charge in [-0.2, -0.15) is 0 Å². The monoisotopic (exact) mass is 435 g/mol. The van der Waals surface area contributed by atoms with E-state index < -0.39 is 29.7 Å². The van der Waals surface area contributed by atoms with E-state index in [4.69, 9.17) is 19.4 Å². The summed E-state index contributed by atoms with van der Waals surface area (Å²) < 4.78 is 39.4. The average Bonchev–Trinajstić information content (AvgIpc) is 3.14. The molecule has 2 aromatic rings. The maximum atomic E-state index is 14.7. The van der Waals surface area contributed by atoms with Gasteiger partial charge in [0.15, 0.2) is 0 Å². The maximum absolute atomic E-state index is 14.7. The Hall–Kier alpha value is -3.24. The standard InChI is InChI=1S/C21H23F2N3O5/c1-29-14-9-16(22)18(17(23)10-14)15-11-24-20(26-31-8-7-27)19(15)25-21(28)30-12-13-5-3-2-4-6-13/h2-6,9-10,15,19,27H,7-8,11-12H2,1H3,(H,24,26)(H,25,28). The van der Waals surface area contributed by atoms with Crippen LogP contribution in [0.15, 0.2) is 47.5 Å². The fourth-order valence-corrected chi connectivity index (χ4v) is 3.21. The zero-order chi connectivity index (χ0) is 22.2. The molecule has 2 atom stereocenters. The van der Waals surface area contributed by atoms with Gasteiger partial charge in [0.2, 0.25) is 0 Å². The number of halogens is 2. The van der Waals surface area contributed by atoms with Gasteiger partial charge in [0.1, 0.15) is 35.9 Å². The number of rotatable bonds is 8. The SMILES string of the molecule is COc1cc(F)c(C2CN=C(NOCCO)C2NC(=O)OCc2ccccc2)c(F)c1. The number of aliphatic hydroxyl groups excluding tert-OH is 1. The van der Waals surface area contributed by atoms with E-state index in [1.165, 1.54) is 7.11 Å². The Balaban J connectivity index is 1.76. The lowest BCUT2D eigenvalue weighted by molar-refractivity contribution is 0.0513. The van der Waals surface area contributed by atoms with E-state index in [0.29, 0.717) is 0 Å². The Morgan fingerprint density at radius 1 is 1.23 bits per heavy atom. The third kappa shape index (κ3) is 5.68. The van der Waals surface area contributed by atoms with Gasteiger partial charge < -0.3 is 19.9 Å². The smallest absolute Gasteiger partial charge is 0.408 e. The number of hydroxylamine groups is 1. The average molecular weight is 435 g/mol. The Kier molecular flexibility index (Phi) is 7.74. The van der Waals surface area contributed by atoms with E-state index in [2.05, 4.69) is 15.8 Å². The minimum Gasteiger partial charge on any atom is -0.497 e. The first-order valence-corrected chi connectivity index (χ1v) is 9.56. The van der Waals surface area contributed by atoms with Crippen LogP contribution in [0.3, 0.4) is 0 Å². The van der Waals surface area contributed by atoms with Crippen LogP contribution in [0.1, 0.15) is 17.0 Å². The summed E-state index contributed by atoms with van der Waals surface area (Å²) in [6.45, 7) is -0.270. The zero-order valence-electron chi connectivity index (χ0n) is 16.8. The predicted octanol–water partition coefficient (Wildman–Crippen LogP) is 2.28. The van der Waals surface area contributed by atoms with Crippen LogP contribution in [0.5, 0.6) is 5.75 Å². The van der Waals surface area contributed by atoms with E-state index in [9.17, 15) is 13.6 Å². The summed E-state index contributed by atoms with van der Waals surface area (Å²) in [5.41, 5.74) is 3.07. The Labute approximate surface area is 177 Å². The van der Waals surface area contributed by atoms with Gasteiger partial charge in [0, 0.05) is 23.6 Å². The van der Waals surface area contributed by atoms with Crippen molar-refractivity contribution in [2.45, 2.75) is 18.6 Å². The molecule has 0 fully saturated rings. The summed E-state index contributed by atoms with van der Waals surface area (Å²) in [4.78, 5) is 21.7. The van der Waals surface area contributed by atoms with Crippen LogP contribution in [0.2, 0.25) is 0 Å². The van der Waals surface area contributed by atoms with E-state index in [1.54, 1.807) is 12.1 Å². The number of amidine groups is 1. The van der Waals surface area contributed by atoms with Crippen LogP contribution < -0.4 is 15.5 Å². The summed E-state index contributed by atoms with van der Waals surface area (Å²) in [5.74, 6) is -2.30. The van der Waals surface area contributed by atoms with Gasteiger partial charge in [-0.3, -0.25) is 15.3 Å². The number of carbonyl (C=O) groups excluding carboxylic acids is 1. The molecular formula is C21H23F2N3O5. The van der Waals surface area contributed by atoms with Gasteiger partial charge in [0.05, 0.1) is 26.9 Å². The van der Waals surface area contributed by atoms with Crippen LogP contribution in [0, 0.1) is 11.6 Å². The largest absolute Gasteiger partial charge is 0.497 e. The first-order valence-electron chi connectivity index (χ1n) is 9.56. The number of hydrogen-bond donors (Lipinski definition) is 3. The highest BCUT2D eigenvalue weighted by Crippen LogP contribution is 2.32. The predicted molar refractivity (Wildman–Crippen MR) is 108 cm³/mol. The number of nitrogens with one attached hydrogen (secondary N) is 2. The van der Waals surface area contributed by atoms with Crippen molar-refractivity contribution in [3.63, 3.8) is 0 Å². The zero-order valence-corrected chi connectivity index (χ0v) is 16.8. The number of nitrogens with zero attached hydrogens (tertiary/aromatic N) is 1. The molecule has 0 bridgehead atoms. The number of aliphatic hydroxyl groups is 1. The molecule has 1 aliphatic heterocycles. The number of carbonyl (C=O) groups is 1. The Bertz CT molecular complexity index is 903. The summed E-state index contributed by atoms with van der Waals surface area (Å²) in [6, 6.07) is 10.2. The van der Waals surface area contributed by atoms with Gasteiger partial charge in [-0.25, -0.2) is 13.6 Å². The molecule has 1 amide bonds. The molecule has 0 saturated carbocycles. The van der Waals surface area contributed by atoms with Crippen LogP contribution in [0.4, 0.5) is 13.6 Å². The van der Waals surface area contributed by atoms with Gasteiger partial charge in [0.25, 0.3) is 0 Å². The molecule has 8 nitrogen and oxygen atoms in total. The van der Waals surface area contributed by atoms with E-state index in [-0.39, 0.29) is 43.5 Å². The molecule has 10 heteroatoms. The molecule has 3 N–H and O–H groups in total. The molecule has 0 aromatic heterocycles. The molecule has 0 radical (unpaired) electrons. The third-order valence-corrected chi connectivity index (χ3v) is 4.67. The van der Waals surface area contributed by atoms with Crippen LogP contribution in [-0.2, 0) is 16.2 Å². The number of ether oxygens (including phenoxy) is 2. The topological polar surface area (TPSA) is 101 Å². The molecular weight excluding hydrogens is 412 g/mol. The lowest BCUT2D eigenvalue weighted by atomic mass is 9.92. The number of alkyl carbamates (subject to hydrolysis) is 1. The van der Waals surface area contributed by atoms with Crippen molar-refractivity contribution in [2.24, 2.45) is 4.99 Å². The number of methoxy groups -OCH3 is 1. The lowest BCUT2D eigenvalue weighted by Crippen LogP contribution is -2.48. The van der Waals surface area contributed by atoms with Gasteiger partial charge in [-0.1, -0.05) is 30.3 Å². The molecule has 3 rings (SSSR count). The van der Waals surface area contributed by atoms with Gasteiger partial charge >= 0.3 is 6.09 Å². The molecule has 1 heterocycles. The van der Waals surface area contributed by atoms with Crippen LogP contribution in [0.25, 0.3) is 0 Å². The molecule has 31 heavy (non-hydrogen) atoms. The highest BCUT2D eigenvalue weighted by molar-refractivity contribution is 5.92. The van der Waals surface area contributed by atoms with Crippen molar-refractivity contribution in [1.82, 2.24) is 10.8 Å². The van der Waals surface area contributed by atoms with Gasteiger partial charge in [-0.15, -0.1) is 0 Å². The number of aliphatic imine (C=N–C) groups is 1. The number of benzene rings is 2. The van der Waals surface area contributed by atoms with Crippen molar-refractivity contribution in [1.29, 1.82) is 0 Å².